The third-order valence-corrected chi connectivity index (χ3v) is 5.52. The summed E-state index contributed by atoms with van der Waals surface area (Å²) in [5.74, 6) is 0.346. The molecule has 1 aromatic carbocycles. The second-order valence-electron chi connectivity index (χ2n) is 6.62. The van der Waals surface area contributed by atoms with E-state index >= 15 is 0 Å². The second kappa shape index (κ2) is 8.09. The maximum Gasteiger partial charge on any atom is 0.238 e. The van der Waals surface area contributed by atoms with Crippen molar-refractivity contribution in [2.24, 2.45) is 0 Å². The molecule has 0 aromatic heterocycles. The molecule has 1 aliphatic rings. The molecule has 0 atom stereocenters. The number of rotatable bonds is 5. The summed E-state index contributed by atoms with van der Waals surface area (Å²) >= 11 is 0. The van der Waals surface area contributed by atoms with Gasteiger partial charge >= 0.3 is 0 Å². The zero-order valence-electron chi connectivity index (χ0n) is 14.7. The summed E-state index contributed by atoms with van der Waals surface area (Å²) in [6.07, 6.45) is 1.97. The molecule has 1 N–H and O–H groups in total. The van der Waals surface area contributed by atoms with Gasteiger partial charge < -0.3 is 5.32 Å². The number of carbonyl (C=O) groups is 1. The SMILES string of the molecule is CC(C)c1cccc(NC(=O)CN2CCCN(S(C)(=O)=O)CC2)c1. The number of carbonyl (C=O) groups excluding carboxylic acids is 1. The largest absolute Gasteiger partial charge is 0.325 e. The fourth-order valence-corrected chi connectivity index (χ4v) is 3.69. The summed E-state index contributed by atoms with van der Waals surface area (Å²) in [5.41, 5.74) is 1.99. The van der Waals surface area contributed by atoms with Crippen LogP contribution in [0.25, 0.3) is 0 Å². The minimum absolute atomic E-state index is 0.0660. The van der Waals surface area contributed by atoms with E-state index in [0.717, 1.165) is 18.7 Å². The van der Waals surface area contributed by atoms with Gasteiger partial charge in [-0.1, -0.05) is 26.0 Å². The molecule has 1 fully saturated rings. The van der Waals surface area contributed by atoms with E-state index in [4.69, 9.17) is 0 Å². The number of amides is 1. The summed E-state index contributed by atoms with van der Waals surface area (Å²) in [7, 11) is -3.16. The van der Waals surface area contributed by atoms with Gasteiger partial charge in [-0.15, -0.1) is 0 Å². The Morgan fingerprint density at radius 2 is 1.96 bits per heavy atom. The van der Waals surface area contributed by atoms with Crippen LogP contribution in [0.15, 0.2) is 24.3 Å². The van der Waals surface area contributed by atoms with Gasteiger partial charge in [-0.25, -0.2) is 12.7 Å². The van der Waals surface area contributed by atoms with Crippen LogP contribution in [0.1, 0.15) is 31.7 Å². The molecule has 0 spiro atoms. The lowest BCUT2D eigenvalue weighted by Gasteiger charge is -2.20. The van der Waals surface area contributed by atoms with Crippen molar-refractivity contribution in [3.8, 4) is 0 Å². The monoisotopic (exact) mass is 353 g/mol. The van der Waals surface area contributed by atoms with E-state index in [-0.39, 0.29) is 12.5 Å². The van der Waals surface area contributed by atoms with Crippen LogP contribution in [0.3, 0.4) is 0 Å². The van der Waals surface area contributed by atoms with Gasteiger partial charge in [0, 0.05) is 25.3 Å². The van der Waals surface area contributed by atoms with E-state index in [0.29, 0.717) is 25.6 Å². The van der Waals surface area contributed by atoms with Crippen LogP contribution in [0.2, 0.25) is 0 Å². The Hall–Kier alpha value is -1.44. The molecule has 1 heterocycles. The summed E-state index contributed by atoms with van der Waals surface area (Å²) in [6.45, 7) is 6.78. The number of hydrogen-bond donors (Lipinski definition) is 1. The van der Waals surface area contributed by atoms with Gasteiger partial charge in [-0.05, 0) is 36.6 Å². The number of nitrogens with zero attached hydrogens (tertiary/aromatic N) is 2. The molecule has 1 amide bonds. The predicted molar refractivity (Wildman–Crippen MR) is 96.6 cm³/mol. The summed E-state index contributed by atoms with van der Waals surface area (Å²) < 4.78 is 24.7. The maximum atomic E-state index is 12.3. The normalized spacial score (nSPS) is 17.7. The lowest BCUT2D eigenvalue weighted by molar-refractivity contribution is -0.117. The van der Waals surface area contributed by atoms with Crippen molar-refractivity contribution in [3.05, 3.63) is 29.8 Å². The molecule has 0 radical (unpaired) electrons. The highest BCUT2D eigenvalue weighted by molar-refractivity contribution is 7.88. The lowest BCUT2D eigenvalue weighted by Crippen LogP contribution is -2.37. The number of sulfonamides is 1. The first kappa shape index (κ1) is 18.9. The molecule has 0 saturated carbocycles. The second-order valence-corrected chi connectivity index (χ2v) is 8.60. The summed E-state index contributed by atoms with van der Waals surface area (Å²) in [4.78, 5) is 14.3. The highest BCUT2D eigenvalue weighted by atomic mass is 32.2. The van der Waals surface area contributed by atoms with Gasteiger partial charge in [0.2, 0.25) is 15.9 Å². The van der Waals surface area contributed by atoms with Crippen LogP contribution in [-0.2, 0) is 14.8 Å². The van der Waals surface area contributed by atoms with Gasteiger partial charge in [-0.2, -0.15) is 0 Å². The van der Waals surface area contributed by atoms with Crippen molar-refractivity contribution in [2.45, 2.75) is 26.2 Å². The van der Waals surface area contributed by atoms with Crippen molar-refractivity contribution in [1.82, 2.24) is 9.21 Å². The fourth-order valence-electron chi connectivity index (χ4n) is 2.82. The minimum Gasteiger partial charge on any atom is -0.325 e. The number of hydrogen-bond acceptors (Lipinski definition) is 4. The van der Waals surface area contributed by atoms with Gasteiger partial charge in [0.1, 0.15) is 0 Å². The molecule has 6 nitrogen and oxygen atoms in total. The van der Waals surface area contributed by atoms with E-state index in [1.807, 2.05) is 23.1 Å². The molecule has 7 heteroatoms. The van der Waals surface area contributed by atoms with Crippen LogP contribution in [0.4, 0.5) is 5.69 Å². The zero-order chi connectivity index (χ0) is 17.7. The highest BCUT2D eigenvalue weighted by Gasteiger charge is 2.22. The number of anilines is 1. The predicted octanol–water partition coefficient (Wildman–Crippen LogP) is 1.72. The molecule has 1 aromatic rings. The average Bonchev–Trinajstić information content (AvgIpc) is 2.72. The van der Waals surface area contributed by atoms with E-state index in [1.54, 1.807) is 0 Å². The van der Waals surface area contributed by atoms with Crippen molar-refractivity contribution in [2.75, 3.05) is 44.3 Å². The molecule has 24 heavy (non-hydrogen) atoms. The molecular formula is C17H27N3O3S. The Bertz CT molecular complexity index is 673. The molecule has 1 saturated heterocycles. The number of nitrogens with one attached hydrogen (secondary N) is 1. The summed E-state index contributed by atoms with van der Waals surface area (Å²) in [6, 6.07) is 7.88. The Balaban J connectivity index is 1.89. The first-order chi connectivity index (χ1) is 11.3. The average molecular weight is 353 g/mol. The van der Waals surface area contributed by atoms with Crippen molar-refractivity contribution >= 4 is 21.6 Å². The topological polar surface area (TPSA) is 69.7 Å². The molecular weight excluding hydrogens is 326 g/mol. The van der Waals surface area contributed by atoms with Crippen LogP contribution in [0.5, 0.6) is 0 Å². The zero-order valence-corrected chi connectivity index (χ0v) is 15.5. The first-order valence-electron chi connectivity index (χ1n) is 8.33. The quantitative estimate of drug-likeness (QED) is 0.875. The third kappa shape index (κ3) is 5.58. The third-order valence-electron chi connectivity index (χ3n) is 4.22. The van der Waals surface area contributed by atoms with Gasteiger partial charge in [-0.3, -0.25) is 9.69 Å². The minimum atomic E-state index is -3.16. The van der Waals surface area contributed by atoms with E-state index in [2.05, 4.69) is 25.2 Å². The molecule has 134 valence electrons. The molecule has 1 aliphatic heterocycles. The molecule has 0 bridgehead atoms. The van der Waals surface area contributed by atoms with Crippen molar-refractivity contribution in [1.29, 1.82) is 0 Å². The van der Waals surface area contributed by atoms with Crippen LogP contribution < -0.4 is 5.32 Å². The molecule has 0 unspecified atom stereocenters. The van der Waals surface area contributed by atoms with Gasteiger partial charge in [0.05, 0.1) is 12.8 Å². The van der Waals surface area contributed by atoms with E-state index in [9.17, 15) is 13.2 Å². The van der Waals surface area contributed by atoms with E-state index in [1.165, 1.54) is 16.1 Å². The fraction of sp³-hybridized carbons (Fsp3) is 0.588. The Kier molecular flexibility index (Phi) is 6.37. The lowest BCUT2D eigenvalue weighted by atomic mass is 10.0. The summed E-state index contributed by atoms with van der Waals surface area (Å²) in [5, 5.41) is 2.93. The smallest absolute Gasteiger partial charge is 0.238 e. The Labute approximate surface area is 144 Å². The number of benzene rings is 1. The van der Waals surface area contributed by atoms with Crippen LogP contribution in [0, 0.1) is 0 Å². The standard InChI is InChI=1S/C17H27N3O3S/c1-14(2)15-6-4-7-16(12-15)18-17(21)13-19-8-5-9-20(11-10-19)24(3,22)23/h4,6-7,12,14H,5,8-11,13H2,1-3H3,(H,18,21). The highest BCUT2D eigenvalue weighted by Crippen LogP contribution is 2.18. The van der Waals surface area contributed by atoms with Crippen molar-refractivity contribution < 1.29 is 13.2 Å². The van der Waals surface area contributed by atoms with Crippen molar-refractivity contribution in [3.63, 3.8) is 0 Å². The van der Waals surface area contributed by atoms with Gasteiger partial charge in [0.25, 0.3) is 0 Å². The first-order valence-corrected chi connectivity index (χ1v) is 10.2. The Morgan fingerprint density at radius 1 is 1.21 bits per heavy atom. The molecule has 2 rings (SSSR count). The Morgan fingerprint density at radius 3 is 2.62 bits per heavy atom. The molecule has 0 aliphatic carbocycles. The van der Waals surface area contributed by atoms with Crippen LogP contribution >= 0.6 is 0 Å². The maximum absolute atomic E-state index is 12.3. The van der Waals surface area contributed by atoms with Gasteiger partial charge in [0.15, 0.2) is 0 Å². The van der Waals surface area contributed by atoms with E-state index < -0.39 is 10.0 Å². The van der Waals surface area contributed by atoms with Crippen LogP contribution in [-0.4, -0.2) is 62.5 Å².